The molecule has 0 spiro atoms. The van der Waals surface area contributed by atoms with Crippen molar-refractivity contribution in [2.45, 2.75) is 63.6 Å². The van der Waals surface area contributed by atoms with E-state index in [9.17, 15) is 4.79 Å². The lowest BCUT2D eigenvalue weighted by Gasteiger charge is -2.15. The fourth-order valence-corrected chi connectivity index (χ4v) is 3.92. The number of nitrogens with zero attached hydrogens (tertiary/aromatic N) is 4. The van der Waals surface area contributed by atoms with Crippen LogP contribution in [0.4, 0.5) is 5.82 Å². The molecule has 0 atom stereocenters. The van der Waals surface area contributed by atoms with Crippen molar-refractivity contribution in [1.29, 1.82) is 0 Å². The number of thioether (sulfide) groups is 1. The number of aryl methyl sites for hydroxylation is 2. The first-order valence-corrected chi connectivity index (χ1v) is 10.0. The summed E-state index contributed by atoms with van der Waals surface area (Å²) < 4.78 is 1.97. The summed E-state index contributed by atoms with van der Waals surface area (Å²) in [6, 6.07) is 2.30. The molecule has 1 N–H and O–H groups in total. The van der Waals surface area contributed by atoms with Crippen molar-refractivity contribution in [2.75, 3.05) is 11.6 Å². The van der Waals surface area contributed by atoms with Crippen LogP contribution >= 0.6 is 11.8 Å². The minimum atomic E-state index is 0.00694. The van der Waals surface area contributed by atoms with Gasteiger partial charge in [-0.15, -0.1) is 0 Å². The lowest BCUT2D eigenvalue weighted by Crippen LogP contribution is -2.18. The molecule has 2 aromatic rings. The van der Waals surface area contributed by atoms with Crippen LogP contribution in [0.5, 0.6) is 0 Å². The number of rotatable bonds is 6. The summed E-state index contributed by atoms with van der Waals surface area (Å²) in [5.74, 6) is 0.812. The Balaban J connectivity index is 1.62. The zero-order valence-electron chi connectivity index (χ0n) is 15.1. The van der Waals surface area contributed by atoms with Crippen molar-refractivity contribution in [3.8, 4) is 0 Å². The summed E-state index contributed by atoms with van der Waals surface area (Å²) >= 11 is 1.54. The number of anilines is 1. The molecule has 1 amide bonds. The first-order valence-electron chi connectivity index (χ1n) is 8.80. The third-order valence-electron chi connectivity index (χ3n) is 4.79. The van der Waals surface area contributed by atoms with Crippen molar-refractivity contribution in [3.05, 3.63) is 29.2 Å². The topological polar surface area (TPSA) is 72.7 Å². The van der Waals surface area contributed by atoms with Crippen molar-refractivity contribution < 1.29 is 4.79 Å². The molecule has 25 heavy (non-hydrogen) atoms. The summed E-state index contributed by atoms with van der Waals surface area (Å²) in [6.07, 6.45) is 9.55. The van der Waals surface area contributed by atoms with Gasteiger partial charge in [0.25, 0.3) is 0 Å². The van der Waals surface area contributed by atoms with Crippen LogP contribution in [0.25, 0.3) is 0 Å². The summed E-state index contributed by atoms with van der Waals surface area (Å²) in [6.45, 7) is 3.97. The molecule has 0 aromatic carbocycles. The summed E-state index contributed by atoms with van der Waals surface area (Å²) in [4.78, 5) is 21.4. The number of nitrogens with one attached hydrogen (secondary N) is 1. The second-order valence-corrected chi connectivity index (χ2v) is 7.28. The molecule has 6 nitrogen and oxygen atoms in total. The first kappa shape index (κ1) is 17.9. The molecule has 2 aromatic heterocycles. The van der Waals surface area contributed by atoms with Crippen LogP contribution in [-0.4, -0.2) is 31.9 Å². The second-order valence-electron chi connectivity index (χ2n) is 6.51. The molecule has 0 saturated heterocycles. The number of aromatic nitrogens is 4. The van der Waals surface area contributed by atoms with E-state index in [1.807, 2.05) is 30.9 Å². The van der Waals surface area contributed by atoms with Gasteiger partial charge in [0.2, 0.25) is 5.91 Å². The minimum Gasteiger partial charge on any atom is -0.311 e. The van der Waals surface area contributed by atoms with Crippen LogP contribution in [0.15, 0.2) is 17.4 Å². The Morgan fingerprint density at radius 1 is 1.28 bits per heavy atom. The van der Waals surface area contributed by atoms with Gasteiger partial charge in [0, 0.05) is 23.9 Å². The predicted octanol–water partition coefficient (Wildman–Crippen LogP) is 3.70. The maximum atomic E-state index is 12.4. The van der Waals surface area contributed by atoms with E-state index >= 15 is 0 Å². The van der Waals surface area contributed by atoms with E-state index in [4.69, 9.17) is 0 Å². The zero-order valence-corrected chi connectivity index (χ0v) is 15.9. The highest BCUT2D eigenvalue weighted by Crippen LogP contribution is 2.31. The Labute approximate surface area is 152 Å². The van der Waals surface area contributed by atoms with Gasteiger partial charge in [0.1, 0.15) is 5.82 Å². The Morgan fingerprint density at radius 3 is 2.60 bits per heavy atom. The van der Waals surface area contributed by atoms with Crippen molar-refractivity contribution in [1.82, 2.24) is 19.7 Å². The van der Waals surface area contributed by atoms with E-state index in [2.05, 4.69) is 20.4 Å². The van der Waals surface area contributed by atoms with Gasteiger partial charge in [-0.3, -0.25) is 4.79 Å². The number of carbonyl (C=O) groups is 1. The largest absolute Gasteiger partial charge is 0.311 e. The van der Waals surface area contributed by atoms with Crippen LogP contribution in [-0.2, 0) is 11.2 Å². The molecule has 2 heterocycles. The Morgan fingerprint density at radius 2 is 1.96 bits per heavy atom. The highest BCUT2D eigenvalue weighted by Gasteiger charge is 2.20. The molecule has 1 fully saturated rings. The SMILES string of the molecule is CSc1nc(C)c(CCC(=O)Nc2ccnn2C2CCCC2)c(C)n1. The van der Waals surface area contributed by atoms with Crippen molar-refractivity contribution >= 4 is 23.5 Å². The molecule has 134 valence electrons. The Bertz CT molecular complexity index is 729. The second kappa shape index (κ2) is 7.99. The lowest BCUT2D eigenvalue weighted by molar-refractivity contribution is -0.116. The zero-order chi connectivity index (χ0) is 17.8. The number of carbonyl (C=O) groups excluding carboxylic acids is 1. The maximum Gasteiger partial charge on any atom is 0.225 e. The van der Waals surface area contributed by atoms with Crippen LogP contribution in [0.2, 0.25) is 0 Å². The van der Waals surface area contributed by atoms with Crippen molar-refractivity contribution in [3.63, 3.8) is 0 Å². The monoisotopic (exact) mass is 359 g/mol. The number of hydrogen-bond donors (Lipinski definition) is 1. The molecular formula is C18H25N5OS. The number of amides is 1. The van der Waals surface area contributed by atoms with E-state index in [-0.39, 0.29) is 5.91 Å². The summed E-state index contributed by atoms with van der Waals surface area (Å²) in [7, 11) is 0. The van der Waals surface area contributed by atoms with E-state index in [0.29, 0.717) is 18.9 Å². The van der Waals surface area contributed by atoms with Gasteiger partial charge < -0.3 is 5.32 Å². The van der Waals surface area contributed by atoms with Crippen LogP contribution in [0.1, 0.15) is 55.1 Å². The van der Waals surface area contributed by atoms with E-state index in [1.54, 1.807) is 6.20 Å². The van der Waals surface area contributed by atoms with Gasteiger partial charge in [-0.05, 0) is 44.9 Å². The third-order valence-corrected chi connectivity index (χ3v) is 5.34. The molecule has 1 aliphatic carbocycles. The van der Waals surface area contributed by atoms with E-state index in [0.717, 1.165) is 40.8 Å². The van der Waals surface area contributed by atoms with Gasteiger partial charge in [0.05, 0.1) is 12.2 Å². The average Bonchev–Trinajstić information content (AvgIpc) is 3.24. The highest BCUT2D eigenvalue weighted by molar-refractivity contribution is 7.98. The summed E-state index contributed by atoms with van der Waals surface area (Å²) in [5, 5.41) is 8.19. The Kier molecular flexibility index (Phi) is 5.73. The molecule has 0 radical (unpaired) electrons. The van der Waals surface area contributed by atoms with E-state index in [1.165, 1.54) is 24.6 Å². The molecular weight excluding hydrogens is 334 g/mol. The average molecular weight is 359 g/mol. The van der Waals surface area contributed by atoms with Gasteiger partial charge in [0.15, 0.2) is 5.16 Å². The van der Waals surface area contributed by atoms with Gasteiger partial charge in [-0.25, -0.2) is 14.6 Å². The molecule has 1 aliphatic rings. The van der Waals surface area contributed by atoms with Crippen molar-refractivity contribution in [2.24, 2.45) is 0 Å². The fraction of sp³-hybridized carbons (Fsp3) is 0.556. The summed E-state index contributed by atoms with van der Waals surface area (Å²) in [5.41, 5.74) is 2.98. The maximum absolute atomic E-state index is 12.4. The molecule has 3 rings (SSSR count). The van der Waals surface area contributed by atoms with Gasteiger partial charge >= 0.3 is 0 Å². The smallest absolute Gasteiger partial charge is 0.225 e. The molecule has 1 saturated carbocycles. The normalized spacial score (nSPS) is 14.8. The van der Waals surface area contributed by atoms with Crippen LogP contribution in [0, 0.1) is 13.8 Å². The van der Waals surface area contributed by atoms with Gasteiger partial charge in [-0.1, -0.05) is 24.6 Å². The molecule has 7 heteroatoms. The van der Waals surface area contributed by atoms with Gasteiger partial charge in [-0.2, -0.15) is 5.10 Å². The predicted molar refractivity (Wildman–Crippen MR) is 100.0 cm³/mol. The minimum absolute atomic E-state index is 0.00694. The lowest BCUT2D eigenvalue weighted by atomic mass is 10.1. The third kappa shape index (κ3) is 4.21. The van der Waals surface area contributed by atoms with Crippen LogP contribution < -0.4 is 5.32 Å². The highest BCUT2D eigenvalue weighted by atomic mass is 32.2. The molecule has 0 bridgehead atoms. The quantitative estimate of drug-likeness (QED) is 0.629. The Hall–Kier alpha value is -1.89. The fourth-order valence-electron chi connectivity index (χ4n) is 3.46. The molecule has 0 aliphatic heterocycles. The first-order chi connectivity index (χ1) is 12.1. The standard InChI is InChI=1S/C18H25N5OS/c1-12-15(13(2)21-18(20-12)25-3)8-9-17(24)22-16-10-11-19-23(16)14-6-4-5-7-14/h10-11,14H,4-9H2,1-3H3,(H,22,24). The van der Waals surface area contributed by atoms with Crippen LogP contribution in [0.3, 0.4) is 0 Å². The number of hydrogen-bond acceptors (Lipinski definition) is 5. The molecule has 0 unspecified atom stereocenters. The van der Waals surface area contributed by atoms with E-state index < -0.39 is 0 Å².